The topological polar surface area (TPSA) is 9.23 Å². The molecule has 1 aromatic carbocycles. The molecule has 0 unspecified atom stereocenters. The summed E-state index contributed by atoms with van der Waals surface area (Å²) in [5, 5.41) is 0. The van der Waals surface area contributed by atoms with E-state index < -0.39 is 11.8 Å². The molecule has 106 valence electrons. The minimum Gasteiger partial charge on any atom is -0.374 e. The Kier molecular flexibility index (Phi) is 4.92. The van der Waals surface area contributed by atoms with Crippen LogP contribution >= 0.6 is 0 Å². The van der Waals surface area contributed by atoms with Crippen molar-refractivity contribution in [1.82, 2.24) is 0 Å². The molecule has 1 nitrogen and oxygen atoms in total. The molecule has 1 aliphatic carbocycles. The van der Waals surface area contributed by atoms with E-state index in [1.165, 1.54) is 0 Å². The summed E-state index contributed by atoms with van der Waals surface area (Å²) in [6.07, 6.45) is 2.78. The molecule has 0 saturated heterocycles. The lowest BCUT2D eigenvalue weighted by Gasteiger charge is -2.33. The van der Waals surface area contributed by atoms with E-state index in [0.717, 1.165) is 18.4 Å². The van der Waals surface area contributed by atoms with Crippen LogP contribution in [0.3, 0.4) is 0 Å². The van der Waals surface area contributed by atoms with Gasteiger partial charge in [-0.1, -0.05) is 37.3 Å². The Morgan fingerprint density at radius 2 is 1.74 bits per heavy atom. The van der Waals surface area contributed by atoms with Crippen molar-refractivity contribution in [2.75, 3.05) is 0 Å². The predicted molar refractivity (Wildman–Crippen MR) is 72.2 cm³/mol. The average molecular weight is 268 g/mol. The van der Waals surface area contributed by atoms with Gasteiger partial charge in [0.2, 0.25) is 0 Å². The van der Waals surface area contributed by atoms with Crippen molar-refractivity contribution in [1.29, 1.82) is 0 Å². The van der Waals surface area contributed by atoms with Crippen molar-refractivity contribution in [2.45, 2.75) is 57.7 Å². The van der Waals surface area contributed by atoms with E-state index in [-0.39, 0.29) is 12.5 Å². The standard InChI is InChI=1S/C16H22F2O/c1-2-16(17,18)14-8-10-15(11-9-14)19-12-13-6-4-3-5-7-13/h3-7,14-15H,2,8-12H2,1H3/t14-,15-. The number of benzene rings is 1. The van der Waals surface area contributed by atoms with Gasteiger partial charge in [-0.05, 0) is 31.2 Å². The summed E-state index contributed by atoms with van der Waals surface area (Å²) in [5.74, 6) is -2.95. The second-order valence-electron chi connectivity index (χ2n) is 5.38. The van der Waals surface area contributed by atoms with Gasteiger partial charge in [-0.2, -0.15) is 0 Å². The van der Waals surface area contributed by atoms with E-state index in [1.54, 1.807) is 6.92 Å². The van der Waals surface area contributed by atoms with Gasteiger partial charge in [-0.15, -0.1) is 0 Å². The first-order valence-corrected chi connectivity index (χ1v) is 7.15. The normalized spacial score (nSPS) is 24.4. The van der Waals surface area contributed by atoms with Gasteiger partial charge >= 0.3 is 0 Å². The molecule has 0 amide bonds. The SMILES string of the molecule is CCC(F)(F)[C@H]1CC[C@H](OCc2ccccc2)CC1. The number of ether oxygens (including phenoxy) is 1. The fourth-order valence-electron chi connectivity index (χ4n) is 2.73. The van der Waals surface area contributed by atoms with Crippen molar-refractivity contribution < 1.29 is 13.5 Å². The first kappa shape index (κ1) is 14.4. The molecule has 1 saturated carbocycles. The van der Waals surface area contributed by atoms with Crippen LogP contribution in [0.4, 0.5) is 8.78 Å². The van der Waals surface area contributed by atoms with Crippen LogP contribution in [0.1, 0.15) is 44.6 Å². The smallest absolute Gasteiger partial charge is 0.250 e. The Hall–Kier alpha value is -0.960. The summed E-state index contributed by atoms with van der Waals surface area (Å²) >= 11 is 0. The molecule has 0 spiro atoms. The van der Waals surface area contributed by atoms with E-state index in [9.17, 15) is 8.78 Å². The molecule has 1 fully saturated rings. The third-order valence-corrected chi connectivity index (χ3v) is 4.07. The van der Waals surface area contributed by atoms with Crippen molar-refractivity contribution >= 4 is 0 Å². The average Bonchev–Trinajstić information content (AvgIpc) is 2.47. The Morgan fingerprint density at radius 1 is 1.11 bits per heavy atom. The lowest BCUT2D eigenvalue weighted by molar-refractivity contribution is -0.0926. The lowest BCUT2D eigenvalue weighted by atomic mass is 9.82. The molecule has 19 heavy (non-hydrogen) atoms. The molecular formula is C16H22F2O. The minimum atomic E-state index is -2.50. The zero-order valence-electron chi connectivity index (χ0n) is 11.4. The highest BCUT2D eigenvalue weighted by atomic mass is 19.3. The van der Waals surface area contributed by atoms with Gasteiger partial charge in [-0.25, -0.2) is 8.78 Å². The zero-order chi connectivity index (χ0) is 13.7. The molecule has 0 atom stereocenters. The number of rotatable bonds is 5. The van der Waals surface area contributed by atoms with Crippen molar-refractivity contribution in [3.63, 3.8) is 0 Å². The molecule has 0 aliphatic heterocycles. The third kappa shape index (κ3) is 4.00. The van der Waals surface area contributed by atoms with Gasteiger partial charge in [0.15, 0.2) is 0 Å². The quantitative estimate of drug-likeness (QED) is 0.744. The summed E-state index contributed by atoms with van der Waals surface area (Å²) < 4.78 is 33.0. The van der Waals surface area contributed by atoms with E-state index in [2.05, 4.69) is 0 Å². The molecule has 0 radical (unpaired) electrons. The van der Waals surface area contributed by atoms with Gasteiger partial charge in [0.05, 0.1) is 12.7 Å². The molecule has 0 aromatic heterocycles. The molecule has 0 N–H and O–H groups in total. The Bertz CT molecular complexity index is 370. The molecular weight excluding hydrogens is 246 g/mol. The van der Waals surface area contributed by atoms with Crippen molar-refractivity contribution in [2.24, 2.45) is 5.92 Å². The fourth-order valence-corrected chi connectivity index (χ4v) is 2.73. The zero-order valence-corrected chi connectivity index (χ0v) is 11.4. The fraction of sp³-hybridized carbons (Fsp3) is 0.625. The van der Waals surface area contributed by atoms with E-state index in [4.69, 9.17) is 4.74 Å². The largest absolute Gasteiger partial charge is 0.374 e. The van der Waals surface area contributed by atoms with Crippen LogP contribution in [0, 0.1) is 5.92 Å². The first-order valence-electron chi connectivity index (χ1n) is 7.15. The Balaban J connectivity index is 1.75. The highest BCUT2D eigenvalue weighted by molar-refractivity contribution is 5.13. The van der Waals surface area contributed by atoms with Gasteiger partial charge < -0.3 is 4.74 Å². The van der Waals surface area contributed by atoms with Gasteiger partial charge in [-0.3, -0.25) is 0 Å². The van der Waals surface area contributed by atoms with E-state index >= 15 is 0 Å². The monoisotopic (exact) mass is 268 g/mol. The summed E-state index contributed by atoms with van der Waals surface area (Å²) in [5.41, 5.74) is 1.14. The van der Waals surface area contributed by atoms with E-state index in [1.807, 2.05) is 30.3 Å². The maximum Gasteiger partial charge on any atom is 0.250 e. The maximum absolute atomic E-state index is 13.6. The summed E-state index contributed by atoms with van der Waals surface area (Å²) in [4.78, 5) is 0. The number of halogens is 2. The molecule has 3 heteroatoms. The molecule has 1 aliphatic rings. The molecule has 0 bridgehead atoms. The van der Waals surface area contributed by atoms with Crippen LogP contribution in [-0.4, -0.2) is 12.0 Å². The van der Waals surface area contributed by atoms with Crippen LogP contribution in [0.2, 0.25) is 0 Å². The van der Waals surface area contributed by atoms with Crippen LogP contribution in [0.25, 0.3) is 0 Å². The van der Waals surface area contributed by atoms with E-state index in [0.29, 0.717) is 19.4 Å². The highest BCUT2D eigenvalue weighted by Gasteiger charge is 2.39. The second kappa shape index (κ2) is 6.47. The lowest BCUT2D eigenvalue weighted by Crippen LogP contribution is -2.33. The summed E-state index contributed by atoms with van der Waals surface area (Å²) in [6, 6.07) is 9.99. The molecule has 1 aromatic rings. The first-order chi connectivity index (χ1) is 9.12. The summed E-state index contributed by atoms with van der Waals surface area (Å²) in [7, 11) is 0. The maximum atomic E-state index is 13.6. The number of alkyl halides is 2. The van der Waals surface area contributed by atoms with Crippen LogP contribution in [0.5, 0.6) is 0 Å². The minimum absolute atomic E-state index is 0.0484. The Morgan fingerprint density at radius 3 is 2.32 bits per heavy atom. The van der Waals surface area contributed by atoms with Gasteiger partial charge in [0, 0.05) is 12.3 Å². The number of hydrogen-bond acceptors (Lipinski definition) is 1. The molecule has 2 rings (SSSR count). The Labute approximate surface area is 114 Å². The van der Waals surface area contributed by atoms with Crippen molar-refractivity contribution in [3.05, 3.63) is 35.9 Å². The predicted octanol–water partition coefficient (Wildman–Crippen LogP) is 4.81. The van der Waals surface area contributed by atoms with Crippen LogP contribution in [0.15, 0.2) is 30.3 Å². The second-order valence-corrected chi connectivity index (χ2v) is 5.38. The highest BCUT2D eigenvalue weighted by Crippen LogP contribution is 2.39. The van der Waals surface area contributed by atoms with Crippen molar-refractivity contribution in [3.8, 4) is 0 Å². The third-order valence-electron chi connectivity index (χ3n) is 4.07. The van der Waals surface area contributed by atoms with Crippen LogP contribution in [-0.2, 0) is 11.3 Å². The van der Waals surface area contributed by atoms with Gasteiger partial charge in [0.1, 0.15) is 0 Å². The van der Waals surface area contributed by atoms with Gasteiger partial charge in [0.25, 0.3) is 5.92 Å². The molecule has 0 heterocycles. The number of hydrogen-bond donors (Lipinski definition) is 0. The summed E-state index contributed by atoms with van der Waals surface area (Å²) in [6.45, 7) is 2.15. The van der Waals surface area contributed by atoms with Crippen LogP contribution < -0.4 is 0 Å².